The molecule has 2 heterocycles. The normalized spacial score (nSPS) is 15.6. The molecule has 0 aliphatic heterocycles. The summed E-state index contributed by atoms with van der Waals surface area (Å²) in [6.45, 7) is 20.7. The summed E-state index contributed by atoms with van der Waals surface area (Å²) in [5, 5.41) is 3.56. The van der Waals surface area contributed by atoms with Crippen molar-refractivity contribution in [2.24, 2.45) is 11.3 Å². The molecule has 2 aromatic heterocycles. The fourth-order valence-corrected chi connectivity index (χ4v) is 4.58. The van der Waals surface area contributed by atoms with E-state index in [2.05, 4.69) is 49.5 Å². The number of nitrogens with zero attached hydrogens (tertiary/aromatic N) is 2. The quantitative estimate of drug-likeness (QED) is 0.499. The van der Waals surface area contributed by atoms with Gasteiger partial charge in [-0.3, -0.25) is 0 Å². The van der Waals surface area contributed by atoms with E-state index in [0.717, 1.165) is 5.69 Å². The van der Waals surface area contributed by atoms with Crippen LogP contribution in [0.2, 0.25) is 6.55 Å². The van der Waals surface area contributed by atoms with Gasteiger partial charge in [0.05, 0.1) is 23.5 Å². The molecule has 2 aromatic rings. The molecule has 1 N–H and O–H groups in total. The van der Waals surface area contributed by atoms with Gasteiger partial charge in [0.1, 0.15) is 17.1 Å². The van der Waals surface area contributed by atoms with Crippen molar-refractivity contribution in [2.45, 2.75) is 86.1 Å². The summed E-state index contributed by atoms with van der Waals surface area (Å²) in [5.74, 6) is -0.0703. The minimum absolute atomic E-state index is 0.168. The largest absolute Gasteiger partial charge is 0.444 e. The van der Waals surface area contributed by atoms with Crippen molar-refractivity contribution in [3.63, 3.8) is 0 Å². The van der Waals surface area contributed by atoms with Crippen LogP contribution in [0, 0.1) is 17.2 Å². The summed E-state index contributed by atoms with van der Waals surface area (Å²) in [6, 6.07) is 3.30. The summed E-state index contributed by atoms with van der Waals surface area (Å²) in [4.78, 5) is 16.6. The Morgan fingerprint density at radius 1 is 1.19 bits per heavy atom. The van der Waals surface area contributed by atoms with Crippen molar-refractivity contribution in [1.82, 2.24) is 14.9 Å². The van der Waals surface area contributed by atoms with Gasteiger partial charge in [0.2, 0.25) is 9.76 Å². The van der Waals surface area contributed by atoms with E-state index in [0.29, 0.717) is 23.5 Å². The first kappa shape index (κ1) is 26.3. The lowest BCUT2D eigenvalue weighted by atomic mass is 9.67. The molecule has 2 radical (unpaired) electrons. The lowest BCUT2D eigenvalue weighted by molar-refractivity contribution is -0.0640. The molecular formula is C24H38FN3O3Si. The van der Waals surface area contributed by atoms with Crippen LogP contribution >= 0.6 is 0 Å². The lowest BCUT2D eigenvalue weighted by Crippen LogP contribution is -2.47. The van der Waals surface area contributed by atoms with E-state index < -0.39 is 17.3 Å². The average molecular weight is 464 g/mol. The molecule has 0 spiro atoms. The summed E-state index contributed by atoms with van der Waals surface area (Å²) >= 11 is 0. The Hall–Kier alpha value is -1.93. The molecule has 1 amide bonds. The molecule has 0 aliphatic carbocycles. The molecule has 6 nitrogen and oxygen atoms in total. The Bertz CT molecular complexity index is 952. The Labute approximate surface area is 194 Å². The van der Waals surface area contributed by atoms with Crippen LogP contribution in [-0.2, 0) is 14.8 Å². The molecule has 8 heteroatoms. The number of aromatic nitrogens is 2. The van der Waals surface area contributed by atoms with Crippen molar-refractivity contribution in [3.8, 4) is 0 Å². The number of halogens is 1. The molecule has 0 fully saturated rings. The minimum Gasteiger partial charge on any atom is -0.444 e. The van der Waals surface area contributed by atoms with Gasteiger partial charge in [0.25, 0.3) is 0 Å². The molecule has 0 saturated heterocycles. The van der Waals surface area contributed by atoms with Crippen molar-refractivity contribution in [1.29, 1.82) is 0 Å². The van der Waals surface area contributed by atoms with Gasteiger partial charge in [-0.25, -0.2) is 14.2 Å². The highest BCUT2D eigenvalue weighted by Gasteiger charge is 2.47. The highest BCUT2D eigenvalue weighted by molar-refractivity contribution is 6.25. The van der Waals surface area contributed by atoms with E-state index in [1.807, 2.05) is 40.3 Å². The minimum atomic E-state index is -0.661. The van der Waals surface area contributed by atoms with Crippen LogP contribution in [0.25, 0.3) is 11.0 Å². The number of rotatable bonds is 8. The smallest absolute Gasteiger partial charge is 0.407 e. The van der Waals surface area contributed by atoms with Crippen molar-refractivity contribution >= 4 is 26.9 Å². The third-order valence-corrected chi connectivity index (χ3v) is 7.10. The Balaban J connectivity index is 2.59. The van der Waals surface area contributed by atoms with Gasteiger partial charge >= 0.3 is 6.09 Å². The van der Waals surface area contributed by atoms with E-state index >= 15 is 0 Å². The van der Waals surface area contributed by atoms with Crippen LogP contribution < -0.4 is 5.32 Å². The Morgan fingerprint density at radius 2 is 1.81 bits per heavy atom. The molecule has 1 unspecified atom stereocenters. The van der Waals surface area contributed by atoms with Crippen molar-refractivity contribution in [3.05, 3.63) is 29.8 Å². The van der Waals surface area contributed by atoms with Gasteiger partial charge in [-0.1, -0.05) is 27.7 Å². The van der Waals surface area contributed by atoms with Crippen LogP contribution in [-0.4, -0.2) is 37.6 Å². The highest BCUT2D eigenvalue weighted by atomic mass is 28.2. The highest BCUT2D eigenvalue weighted by Crippen LogP contribution is 2.49. The first-order valence-electron chi connectivity index (χ1n) is 11.1. The van der Waals surface area contributed by atoms with Crippen LogP contribution in [0.3, 0.4) is 0 Å². The van der Waals surface area contributed by atoms with Gasteiger partial charge in [0, 0.05) is 17.3 Å². The monoisotopic (exact) mass is 463 g/mol. The second-order valence-corrected chi connectivity index (χ2v) is 11.0. The predicted molar refractivity (Wildman–Crippen MR) is 127 cm³/mol. The molecular weight excluding hydrogens is 425 g/mol. The first-order valence-corrected chi connectivity index (χ1v) is 12.5. The molecule has 2 rings (SSSR count). The lowest BCUT2D eigenvalue weighted by Gasteiger charge is -2.48. The van der Waals surface area contributed by atoms with Gasteiger partial charge < -0.3 is 19.0 Å². The molecule has 0 aromatic carbocycles. The van der Waals surface area contributed by atoms with Crippen LogP contribution in [0.15, 0.2) is 18.3 Å². The number of hydrogen-bond acceptors (Lipinski definition) is 4. The zero-order valence-electron chi connectivity index (χ0n) is 21.1. The fraction of sp³-hybridized carbons (Fsp3) is 0.667. The summed E-state index contributed by atoms with van der Waals surface area (Å²) in [7, 11) is 0.268. The van der Waals surface area contributed by atoms with Gasteiger partial charge in [-0.05, 0) is 59.2 Å². The van der Waals surface area contributed by atoms with Crippen LogP contribution in [0.4, 0.5) is 9.18 Å². The van der Waals surface area contributed by atoms with Crippen LogP contribution in [0.1, 0.15) is 74.0 Å². The number of carbonyl (C=O) groups excluding carboxylic acids is 1. The number of nitrogens with one attached hydrogen (secondary N) is 1. The third-order valence-electron chi connectivity index (χ3n) is 6.49. The predicted octanol–water partition coefficient (Wildman–Crippen LogP) is 5.84. The first-order chi connectivity index (χ1) is 14.6. The zero-order valence-corrected chi connectivity index (χ0v) is 22.1. The Kier molecular flexibility index (Phi) is 7.82. The summed E-state index contributed by atoms with van der Waals surface area (Å²) in [6.07, 6.45) is 0.752. The maximum Gasteiger partial charge on any atom is 0.407 e. The van der Waals surface area contributed by atoms with Crippen LogP contribution in [0.5, 0.6) is 0 Å². The summed E-state index contributed by atoms with van der Waals surface area (Å²) in [5.41, 5.74) is 0.101. The topological polar surface area (TPSA) is 65.4 Å². The number of carbonyl (C=O) groups is 1. The molecule has 0 bridgehead atoms. The van der Waals surface area contributed by atoms with Gasteiger partial charge in [0.15, 0.2) is 0 Å². The van der Waals surface area contributed by atoms with Crippen molar-refractivity contribution in [2.75, 3.05) is 6.54 Å². The van der Waals surface area contributed by atoms with E-state index in [-0.39, 0.29) is 27.0 Å². The fourth-order valence-electron chi connectivity index (χ4n) is 3.81. The maximum absolute atomic E-state index is 14.0. The summed E-state index contributed by atoms with van der Waals surface area (Å²) < 4.78 is 27.9. The number of fused-ring (bicyclic) bond motifs is 1. The molecule has 0 saturated carbocycles. The zero-order chi connectivity index (χ0) is 24.5. The number of hydrogen-bond donors (Lipinski definition) is 1. The van der Waals surface area contributed by atoms with E-state index in [4.69, 9.17) is 9.16 Å². The van der Waals surface area contributed by atoms with Gasteiger partial charge in [-0.2, -0.15) is 0 Å². The molecule has 32 heavy (non-hydrogen) atoms. The molecule has 2 atom stereocenters. The van der Waals surface area contributed by atoms with E-state index in [1.54, 1.807) is 0 Å². The molecule has 0 aliphatic rings. The van der Waals surface area contributed by atoms with E-state index in [1.165, 1.54) is 12.3 Å². The maximum atomic E-state index is 14.0. The van der Waals surface area contributed by atoms with E-state index in [9.17, 15) is 9.18 Å². The molecule has 178 valence electrons. The number of amides is 1. The average Bonchev–Trinajstić information content (AvgIpc) is 3.03. The SMILES string of the molecule is C[Si]OC(C)(c1cc2cc(F)cnc2n1[C@H](C)CNC(=O)OC(C)(C)C)C(C)(C)C(C)C. The standard InChI is InChI=1S/C24H38FN3O3Si/c1-15(2)23(7,8)24(9,31-32-10)19-12-17-11-18(25)14-26-20(17)28(19)16(3)13-27-21(29)30-22(4,5)6/h11-12,14-16H,13H2,1-10H3,(H,27,29)/t16-,24?/m1/s1. The second-order valence-electron chi connectivity index (χ2n) is 10.4. The number of pyridine rings is 1. The Morgan fingerprint density at radius 3 is 2.34 bits per heavy atom. The number of alkyl carbamates (subject to hydrolysis) is 1. The number of ether oxygens (including phenoxy) is 1. The van der Waals surface area contributed by atoms with Gasteiger partial charge in [-0.15, -0.1) is 0 Å². The second kappa shape index (κ2) is 9.51. The third kappa shape index (κ3) is 5.34. The van der Waals surface area contributed by atoms with Crippen molar-refractivity contribution < 1.29 is 18.3 Å².